The lowest BCUT2D eigenvalue weighted by atomic mass is 10.1. The first-order chi connectivity index (χ1) is 7.80. The van der Waals surface area contributed by atoms with Gasteiger partial charge in [-0.25, -0.2) is 0 Å². The van der Waals surface area contributed by atoms with Crippen LogP contribution >= 0.6 is 12.2 Å². The van der Waals surface area contributed by atoms with Crippen LogP contribution in [0.15, 0.2) is 24.3 Å². The van der Waals surface area contributed by atoms with E-state index in [-0.39, 0.29) is 17.1 Å². The van der Waals surface area contributed by atoms with Crippen LogP contribution in [0, 0.1) is 0 Å². The Morgan fingerprint density at radius 1 is 1.29 bits per heavy atom. The predicted molar refractivity (Wildman–Crippen MR) is 60.6 cm³/mol. The summed E-state index contributed by atoms with van der Waals surface area (Å²) in [5.74, 6) is -0.522. The van der Waals surface area contributed by atoms with Gasteiger partial charge in [0.15, 0.2) is 0 Å². The molecule has 0 bridgehead atoms. The maximum atomic E-state index is 12.2. The number of hydrogen-bond donors (Lipinski definition) is 2. The van der Waals surface area contributed by atoms with Gasteiger partial charge in [-0.1, -0.05) is 12.2 Å². The number of carbonyl (C=O) groups excluding carboxylic acids is 1. The Hall–Kier alpha value is -1.63. The summed E-state index contributed by atoms with van der Waals surface area (Å²) in [5.41, 5.74) is 4.49. The average molecular weight is 262 g/mol. The predicted octanol–water partition coefficient (Wildman–Crippen LogP) is 1.72. The van der Waals surface area contributed by atoms with Gasteiger partial charge in [-0.2, -0.15) is 13.2 Å². The molecular formula is C10H9F3N2OS. The summed E-state index contributed by atoms with van der Waals surface area (Å²) in [5, 5.41) is 2.37. The Labute approximate surface area is 101 Å². The summed E-state index contributed by atoms with van der Waals surface area (Å²) in [4.78, 5) is 11.5. The fourth-order valence-electron chi connectivity index (χ4n) is 1.08. The molecular weight excluding hydrogens is 253 g/mol. The van der Waals surface area contributed by atoms with E-state index in [1.54, 1.807) is 0 Å². The molecule has 3 nitrogen and oxygen atoms in total. The zero-order chi connectivity index (χ0) is 13.1. The van der Waals surface area contributed by atoms with E-state index in [1.165, 1.54) is 0 Å². The van der Waals surface area contributed by atoms with Crippen molar-refractivity contribution in [1.29, 1.82) is 0 Å². The van der Waals surface area contributed by atoms with Crippen molar-refractivity contribution in [3.8, 4) is 0 Å². The van der Waals surface area contributed by atoms with Crippen LogP contribution in [-0.2, 0) is 6.18 Å². The molecule has 0 spiro atoms. The van der Waals surface area contributed by atoms with Crippen molar-refractivity contribution in [2.45, 2.75) is 6.18 Å². The maximum Gasteiger partial charge on any atom is 0.416 e. The third-order valence-electron chi connectivity index (χ3n) is 1.90. The Bertz CT molecular complexity index is 428. The molecule has 0 radical (unpaired) electrons. The first-order valence-corrected chi connectivity index (χ1v) is 4.95. The van der Waals surface area contributed by atoms with Gasteiger partial charge in [-0.05, 0) is 24.3 Å². The van der Waals surface area contributed by atoms with Gasteiger partial charge in [-0.15, -0.1) is 0 Å². The van der Waals surface area contributed by atoms with Crippen molar-refractivity contribution in [1.82, 2.24) is 5.32 Å². The second-order valence-corrected chi connectivity index (χ2v) is 3.75. The smallest absolute Gasteiger partial charge is 0.392 e. The number of alkyl halides is 3. The molecule has 92 valence electrons. The third-order valence-corrected chi connectivity index (χ3v) is 2.04. The van der Waals surface area contributed by atoms with Gasteiger partial charge >= 0.3 is 6.18 Å². The molecule has 3 N–H and O–H groups in total. The highest BCUT2D eigenvalue weighted by Gasteiger charge is 2.30. The van der Waals surface area contributed by atoms with Crippen LogP contribution < -0.4 is 11.1 Å². The van der Waals surface area contributed by atoms with Crippen LogP contribution in [0.1, 0.15) is 15.9 Å². The summed E-state index contributed by atoms with van der Waals surface area (Å²) in [6, 6.07) is 3.88. The Balaban J connectivity index is 2.74. The second-order valence-electron chi connectivity index (χ2n) is 3.22. The molecule has 17 heavy (non-hydrogen) atoms. The van der Waals surface area contributed by atoms with Crippen LogP contribution in [0.3, 0.4) is 0 Å². The van der Waals surface area contributed by atoms with E-state index in [0.29, 0.717) is 0 Å². The number of rotatable bonds is 3. The average Bonchev–Trinajstić information content (AvgIpc) is 2.25. The molecule has 0 saturated carbocycles. The van der Waals surface area contributed by atoms with E-state index in [1.807, 2.05) is 0 Å². The number of halogens is 3. The summed E-state index contributed by atoms with van der Waals surface area (Å²) >= 11 is 4.55. The largest absolute Gasteiger partial charge is 0.416 e. The van der Waals surface area contributed by atoms with Crippen molar-refractivity contribution >= 4 is 23.1 Å². The van der Waals surface area contributed by atoms with E-state index in [0.717, 1.165) is 24.3 Å². The van der Waals surface area contributed by atoms with E-state index in [9.17, 15) is 18.0 Å². The van der Waals surface area contributed by atoms with Crippen molar-refractivity contribution < 1.29 is 18.0 Å². The van der Waals surface area contributed by atoms with Gasteiger partial charge in [0.05, 0.1) is 17.1 Å². The molecule has 7 heteroatoms. The molecule has 0 aliphatic heterocycles. The number of carbonyl (C=O) groups is 1. The van der Waals surface area contributed by atoms with E-state index in [2.05, 4.69) is 17.5 Å². The molecule has 0 fully saturated rings. The van der Waals surface area contributed by atoms with E-state index < -0.39 is 17.6 Å². The summed E-state index contributed by atoms with van der Waals surface area (Å²) < 4.78 is 36.7. The highest BCUT2D eigenvalue weighted by molar-refractivity contribution is 7.80. The molecule has 0 heterocycles. The van der Waals surface area contributed by atoms with Crippen molar-refractivity contribution in [3.63, 3.8) is 0 Å². The lowest BCUT2D eigenvalue weighted by Gasteiger charge is -2.07. The molecule has 0 saturated heterocycles. The Morgan fingerprint density at radius 3 is 2.24 bits per heavy atom. The number of thiocarbonyl (C=S) groups is 1. The SMILES string of the molecule is NC(=S)CNC(=O)c1ccc(C(F)(F)F)cc1. The molecule has 0 unspecified atom stereocenters. The molecule has 0 aromatic heterocycles. The minimum absolute atomic E-state index is 0.00912. The molecule has 1 amide bonds. The van der Waals surface area contributed by atoms with Crippen LogP contribution in [0.4, 0.5) is 13.2 Å². The quantitative estimate of drug-likeness (QED) is 0.815. The van der Waals surface area contributed by atoms with Gasteiger partial charge in [-0.3, -0.25) is 4.79 Å². The van der Waals surface area contributed by atoms with Crippen molar-refractivity contribution in [3.05, 3.63) is 35.4 Å². The molecule has 1 aromatic carbocycles. The number of benzene rings is 1. The normalized spacial score (nSPS) is 11.0. The topological polar surface area (TPSA) is 55.1 Å². The highest BCUT2D eigenvalue weighted by Crippen LogP contribution is 2.28. The first-order valence-electron chi connectivity index (χ1n) is 4.54. The number of amides is 1. The minimum atomic E-state index is -4.41. The zero-order valence-corrected chi connectivity index (χ0v) is 9.36. The van der Waals surface area contributed by atoms with Gasteiger partial charge < -0.3 is 11.1 Å². The molecule has 0 aliphatic carbocycles. The summed E-state index contributed by atoms with van der Waals surface area (Å²) in [6.07, 6.45) is -4.41. The summed E-state index contributed by atoms with van der Waals surface area (Å²) in [6.45, 7) is 0.00912. The lowest BCUT2D eigenvalue weighted by molar-refractivity contribution is -0.137. The fourth-order valence-corrected chi connectivity index (χ4v) is 1.15. The van der Waals surface area contributed by atoms with Crippen molar-refractivity contribution in [2.24, 2.45) is 5.73 Å². The lowest BCUT2D eigenvalue weighted by Crippen LogP contribution is -2.32. The monoisotopic (exact) mass is 262 g/mol. The number of nitrogens with one attached hydrogen (secondary N) is 1. The Kier molecular flexibility index (Phi) is 4.06. The van der Waals surface area contributed by atoms with Gasteiger partial charge in [0.2, 0.25) is 0 Å². The van der Waals surface area contributed by atoms with Gasteiger partial charge in [0.1, 0.15) is 0 Å². The standard InChI is InChI=1S/C10H9F3N2OS/c11-10(12,13)7-3-1-6(2-4-7)9(16)15-5-8(14)17/h1-4H,5H2,(H2,14,17)(H,15,16). The molecule has 0 aliphatic rings. The maximum absolute atomic E-state index is 12.2. The zero-order valence-electron chi connectivity index (χ0n) is 8.54. The fraction of sp³-hybridized carbons (Fsp3) is 0.200. The highest BCUT2D eigenvalue weighted by atomic mass is 32.1. The second kappa shape index (κ2) is 5.13. The Morgan fingerprint density at radius 2 is 1.82 bits per heavy atom. The van der Waals surface area contributed by atoms with Crippen LogP contribution in [0.2, 0.25) is 0 Å². The van der Waals surface area contributed by atoms with Crippen LogP contribution in [0.25, 0.3) is 0 Å². The van der Waals surface area contributed by atoms with Crippen LogP contribution in [-0.4, -0.2) is 17.4 Å². The third kappa shape index (κ3) is 4.03. The number of nitrogens with two attached hydrogens (primary N) is 1. The van der Waals surface area contributed by atoms with Gasteiger partial charge in [0.25, 0.3) is 5.91 Å². The van der Waals surface area contributed by atoms with E-state index in [4.69, 9.17) is 5.73 Å². The van der Waals surface area contributed by atoms with Crippen molar-refractivity contribution in [2.75, 3.05) is 6.54 Å². The molecule has 1 aromatic rings. The first kappa shape index (κ1) is 13.4. The molecule has 0 atom stereocenters. The van der Waals surface area contributed by atoms with Gasteiger partial charge in [0, 0.05) is 5.56 Å². The van der Waals surface area contributed by atoms with E-state index >= 15 is 0 Å². The minimum Gasteiger partial charge on any atom is -0.392 e. The molecule has 1 rings (SSSR count). The summed E-state index contributed by atoms with van der Waals surface area (Å²) in [7, 11) is 0. The number of hydrogen-bond acceptors (Lipinski definition) is 2. The van der Waals surface area contributed by atoms with Crippen LogP contribution in [0.5, 0.6) is 0 Å².